The number of methoxy groups -OCH3 is 2. The molecular formula is C7H11F7O2. The van der Waals surface area contributed by atoms with Gasteiger partial charge in [-0.25, -0.2) is 4.39 Å². The smallest absolute Gasteiger partial charge is 0.382 e. The Balaban J connectivity index is 0. The minimum atomic E-state index is -5.85. The van der Waals surface area contributed by atoms with Crippen LogP contribution < -0.4 is 0 Å². The number of hydrogen-bond acceptors (Lipinski definition) is 2. The first kappa shape index (κ1) is 17.8. The first-order valence-electron chi connectivity index (χ1n) is 3.82. The maximum absolute atomic E-state index is 11.2. The Morgan fingerprint density at radius 1 is 0.812 bits per heavy atom. The van der Waals surface area contributed by atoms with Crippen molar-refractivity contribution in [3.63, 3.8) is 0 Å². The van der Waals surface area contributed by atoms with Crippen LogP contribution in [0.4, 0.5) is 30.7 Å². The third-order valence-corrected chi connectivity index (χ3v) is 1.07. The molecule has 0 aromatic carbocycles. The molecule has 0 spiro atoms. The van der Waals surface area contributed by atoms with Crippen LogP contribution in [0.5, 0.6) is 0 Å². The molecule has 100 valence electrons. The number of ether oxygens (including phenoxy) is 2. The zero-order valence-corrected chi connectivity index (χ0v) is 8.45. The van der Waals surface area contributed by atoms with E-state index in [0.717, 1.165) is 0 Å². The van der Waals surface area contributed by atoms with Crippen LogP contribution in [-0.2, 0) is 9.47 Å². The van der Waals surface area contributed by atoms with Crippen LogP contribution in [0.3, 0.4) is 0 Å². The van der Waals surface area contributed by atoms with Gasteiger partial charge in [0.1, 0.15) is 0 Å². The Morgan fingerprint density at radius 2 is 1.06 bits per heavy atom. The Hall–Kier alpha value is -0.570. The first-order chi connectivity index (χ1) is 7.07. The van der Waals surface area contributed by atoms with Crippen molar-refractivity contribution in [1.29, 1.82) is 0 Å². The molecule has 16 heavy (non-hydrogen) atoms. The maximum atomic E-state index is 11.2. The average Bonchev–Trinajstić information content (AvgIpc) is 2.11. The zero-order chi connectivity index (χ0) is 13.4. The zero-order valence-electron chi connectivity index (χ0n) is 8.45. The fourth-order valence-electron chi connectivity index (χ4n) is 0.352. The summed E-state index contributed by atoms with van der Waals surface area (Å²) in [6, 6.07) is 0. The lowest BCUT2D eigenvalue weighted by Crippen LogP contribution is -2.38. The van der Waals surface area contributed by atoms with Crippen LogP contribution in [0.2, 0.25) is 0 Å². The van der Waals surface area contributed by atoms with E-state index in [4.69, 9.17) is 0 Å². The van der Waals surface area contributed by atoms with Crippen molar-refractivity contribution in [3.05, 3.63) is 0 Å². The SMILES string of the molecule is COCCOC.FC(C(F)(F)F)C(F)(F)F. The summed E-state index contributed by atoms with van der Waals surface area (Å²) in [7, 11) is 3.30. The van der Waals surface area contributed by atoms with E-state index in [2.05, 4.69) is 9.47 Å². The van der Waals surface area contributed by atoms with Gasteiger partial charge in [-0.2, -0.15) is 26.3 Å². The van der Waals surface area contributed by atoms with Gasteiger partial charge >= 0.3 is 12.4 Å². The van der Waals surface area contributed by atoms with Crippen molar-refractivity contribution in [1.82, 2.24) is 0 Å². The van der Waals surface area contributed by atoms with E-state index in [9.17, 15) is 30.7 Å². The molecule has 0 saturated carbocycles. The van der Waals surface area contributed by atoms with E-state index in [1.165, 1.54) is 0 Å². The van der Waals surface area contributed by atoms with Gasteiger partial charge in [0.05, 0.1) is 13.2 Å². The summed E-state index contributed by atoms with van der Waals surface area (Å²) >= 11 is 0. The molecule has 0 aromatic rings. The molecule has 0 heterocycles. The molecule has 2 nitrogen and oxygen atoms in total. The summed E-state index contributed by atoms with van der Waals surface area (Å²) < 4.78 is 85.6. The van der Waals surface area contributed by atoms with Crippen molar-refractivity contribution >= 4 is 0 Å². The summed E-state index contributed by atoms with van der Waals surface area (Å²) in [4.78, 5) is 0. The van der Waals surface area contributed by atoms with Gasteiger partial charge in [0.25, 0.3) is 6.17 Å². The Labute approximate surface area is 87.3 Å². The predicted octanol–water partition coefficient (Wildman–Crippen LogP) is 2.73. The molecule has 0 amide bonds. The van der Waals surface area contributed by atoms with Crippen molar-refractivity contribution < 1.29 is 40.2 Å². The van der Waals surface area contributed by atoms with E-state index >= 15 is 0 Å². The van der Waals surface area contributed by atoms with Gasteiger partial charge in [0, 0.05) is 14.2 Å². The van der Waals surface area contributed by atoms with Crippen molar-refractivity contribution in [2.45, 2.75) is 18.5 Å². The molecule has 9 heteroatoms. The molecule has 0 atom stereocenters. The number of hydrogen-bond donors (Lipinski definition) is 0. The molecule has 0 bridgehead atoms. The van der Waals surface area contributed by atoms with Crippen LogP contribution >= 0.6 is 0 Å². The summed E-state index contributed by atoms with van der Waals surface area (Å²) in [5, 5.41) is 0. The second-order valence-electron chi connectivity index (χ2n) is 2.43. The molecule has 0 aliphatic carbocycles. The van der Waals surface area contributed by atoms with Gasteiger partial charge in [-0.05, 0) is 0 Å². The normalized spacial score (nSPS) is 12.4. The number of alkyl halides is 7. The van der Waals surface area contributed by atoms with E-state index < -0.39 is 18.5 Å². The minimum Gasteiger partial charge on any atom is -0.382 e. The standard InChI is InChI=1S/C4H10O2.C3HF7/c1-5-3-4-6-2;4-1(2(5,6)7)3(8,9)10/h3-4H2,1-2H3;1H. The summed E-state index contributed by atoms with van der Waals surface area (Å²) in [6.45, 7) is 1.38. The van der Waals surface area contributed by atoms with Crippen LogP contribution in [-0.4, -0.2) is 46.0 Å². The van der Waals surface area contributed by atoms with Gasteiger partial charge in [-0.3, -0.25) is 0 Å². The van der Waals surface area contributed by atoms with Crippen molar-refractivity contribution in [2.75, 3.05) is 27.4 Å². The lowest BCUT2D eigenvalue weighted by molar-refractivity contribution is -0.285. The van der Waals surface area contributed by atoms with Gasteiger partial charge < -0.3 is 9.47 Å². The van der Waals surface area contributed by atoms with Crippen molar-refractivity contribution in [3.8, 4) is 0 Å². The highest BCUT2D eigenvalue weighted by molar-refractivity contribution is 4.73. The highest BCUT2D eigenvalue weighted by Crippen LogP contribution is 2.35. The lowest BCUT2D eigenvalue weighted by atomic mass is 10.4. The molecule has 0 N–H and O–H groups in total. The second kappa shape index (κ2) is 7.66. The fraction of sp³-hybridized carbons (Fsp3) is 1.00. The topological polar surface area (TPSA) is 18.5 Å². The lowest BCUT2D eigenvalue weighted by Gasteiger charge is -2.14. The van der Waals surface area contributed by atoms with E-state index in [-0.39, 0.29) is 0 Å². The highest BCUT2D eigenvalue weighted by atomic mass is 19.4. The van der Waals surface area contributed by atoms with Crippen LogP contribution in [0.25, 0.3) is 0 Å². The van der Waals surface area contributed by atoms with Crippen LogP contribution in [0, 0.1) is 0 Å². The molecule has 0 fully saturated rings. The number of halogens is 7. The second-order valence-corrected chi connectivity index (χ2v) is 2.43. The minimum absolute atomic E-state index is 0.691. The molecule has 0 radical (unpaired) electrons. The van der Waals surface area contributed by atoms with Gasteiger partial charge in [0.15, 0.2) is 0 Å². The van der Waals surface area contributed by atoms with Gasteiger partial charge in [-0.1, -0.05) is 0 Å². The molecule has 0 saturated heterocycles. The summed E-state index contributed by atoms with van der Waals surface area (Å²) in [6.07, 6.45) is -16.4. The van der Waals surface area contributed by atoms with Crippen LogP contribution in [0.15, 0.2) is 0 Å². The summed E-state index contributed by atoms with van der Waals surface area (Å²) in [5.74, 6) is 0. The van der Waals surface area contributed by atoms with Crippen LogP contribution in [0.1, 0.15) is 0 Å². The van der Waals surface area contributed by atoms with E-state index in [1.807, 2.05) is 0 Å². The highest BCUT2D eigenvalue weighted by Gasteiger charge is 2.57. The molecular weight excluding hydrogens is 249 g/mol. The Bertz CT molecular complexity index is 147. The maximum Gasteiger partial charge on any atom is 0.428 e. The summed E-state index contributed by atoms with van der Waals surface area (Å²) in [5.41, 5.74) is 0. The van der Waals surface area contributed by atoms with Crippen molar-refractivity contribution in [2.24, 2.45) is 0 Å². The largest absolute Gasteiger partial charge is 0.428 e. The monoisotopic (exact) mass is 260 g/mol. The molecule has 0 aliphatic heterocycles. The third-order valence-electron chi connectivity index (χ3n) is 1.07. The van der Waals surface area contributed by atoms with Gasteiger partial charge in [-0.15, -0.1) is 0 Å². The first-order valence-corrected chi connectivity index (χ1v) is 3.82. The van der Waals surface area contributed by atoms with E-state index in [0.29, 0.717) is 13.2 Å². The average molecular weight is 260 g/mol. The van der Waals surface area contributed by atoms with Gasteiger partial charge in [0.2, 0.25) is 0 Å². The molecule has 0 aliphatic rings. The van der Waals surface area contributed by atoms with E-state index in [1.54, 1.807) is 14.2 Å². The quantitative estimate of drug-likeness (QED) is 0.573. The fourth-order valence-corrected chi connectivity index (χ4v) is 0.352. The molecule has 0 rings (SSSR count). The molecule has 0 aromatic heterocycles. The predicted molar refractivity (Wildman–Crippen MR) is 40.8 cm³/mol. The number of rotatable bonds is 3. The third kappa shape index (κ3) is 9.97. The Kier molecular flexibility index (Phi) is 8.53. The Morgan fingerprint density at radius 3 is 1.12 bits per heavy atom. The molecule has 0 unspecified atom stereocenters.